The SMILES string of the molecule is OCc1cc2ccccc2nc1N[C@@H]1C[C@H]1c1cccc(F)c1. The molecule has 0 saturated heterocycles. The minimum Gasteiger partial charge on any atom is -0.392 e. The molecule has 1 aromatic heterocycles. The number of nitrogens with zero attached hydrogens (tertiary/aromatic N) is 1. The van der Waals surface area contributed by atoms with Crippen LogP contribution in [-0.4, -0.2) is 16.1 Å². The average Bonchev–Trinajstić information content (AvgIpc) is 3.33. The van der Waals surface area contributed by atoms with Gasteiger partial charge in [0.15, 0.2) is 0 Å². The number of aromatic nitrogens is 1. The van der Waals surface area contributed by atoms with E-state index in [0.717, 1.165) is 34.3 Å². The van der Waals surface area contributed by atoms with Gasteiger partial charge in [0.1, 0.15) is 11.6 Å². The van der Waals surface area contributed by atoms with Crippen LogP contribution in [0.1, 0.15) is 23.5 Å². The third-order valence-corrected chi connectivity index (χ3v) is 4.36. The number of aliphatic hydroxyl groups excluding tert-OH is 1. The minimum atomic E-state index is -0.201. The van der Waals surface area contributed by atoms with Crippen LogP contribution in [0.5, 0.6) is 0 Å². The molecule has 1 saturated carbocycles. The first kappa shape index (κ1) is 14.2. The van der Waals surface area contributed by atoms with Gasteiger partial charge in [-0.05, 0) is 36.2 Å². The summed E-state index contributed by atoms with van der Waals surface area (Å²) in [4.78, 5) is 4.63. The predicted octanol–water partition coefficient (Wildman–Crippen LogP) is 3.83. The highest BCUT2D eigenvalue weighted by molar-refractivity contribution is 5.81. The lowest BCUT2D eigenvalue weighted by molar-refractivity contribution is 0.282. The lowest BCUT2D eigenvalue weighted by atomic mass is 10.1. The zero-order valence-electron chi connectivity index (χ0n) is 12.5. The number of hydrogen-bond acceptors (Lipinski definition) is 3. The van der Waals surface area contributed by atoms with Crippen LogP contribution in [0.4, 0.5) is 10.2 Å². The van der Waals surface area contributed by atoms with Gasteiger partial charge in [-0.2, -0.15) is 0 Å². The third kappa shape index (κ3) is 2.78. The molecule has 0 aliphatic heterocycles. The van der Waals surface area contributed by atoms with Crippen LogP contribution < -0.4 is 5.32 Å². The number of para-hydroxylation sites is 1. The Kier molecular flexibility index (Phi) is 3.46. The Morgan fingerprint density at radius 3 is 2.83 bits per heavy atom. The molecule has 1 fully saturated rings. The Morgan fingerprint density at radius 2 is 2.00 bits per heavy atom. The quantitative estimate of drug-likeness (QED) is 0.770. The van der Waals surface area contributed by atoms with Crippen molar-refractivity contribution in [2.24, 2.45) is 0 Å². The summed E-state index contributed by atoms with van der Waals surface area (Å²) >= 11 is 0. The normalized spacial score (nSPS) is 19.7. The van der Waals surface area contributed by atoms with Gasteiger partial charge in [-0.1, -0.05) is 30.3 Å². The van der Waals surface area contributed by atoms with E-state index in [1.807, 2.05) is 36.4 Å². The molecule has 1 heterocycles. The highest BCUT2D eigenvalue weighted by atomic mass is 19.1. The number of benzene rings is 2. The summed E-state index contributed by atoms with van der Waals surface area (Å²) in [7, 11) is 0. The van der Waals surface area contributed by atoms with Gasteiger partial charge in [-0.25, -0.2) is 9.37 Å². The topological polar surface area (TPSA) is 45.2 Å². The summed E-state index contributed by atoms with van der Waals surface area (Å²) in [6.07, 6.45) is 0.947. The maximum absolute atomic E-state index is 13.3. The van der Waals surface area contributed by atoms with E-state index in [1.165, 1.54) is 6.07 Å². The van der Waals surface area contributed by atoms with E-state index >= 15 is 0 Å². The van der Waals surface area contributed by atoms with Crippen LogP contribution >= 0.6 is 0 Å². The van der Waals surface area contributed by atoms with Crippen molar-refractivity contribution in [2.45, 2.75) is 25.0 Å². The molecule has 23 heavy (non-hydrogen) atoms. The fraction of sp³-hybridized carbons (Fsp3) is 0.211. The largest absolute Gasteiger partial charge is 0.392 e. The van der Waals surface area contributed by atoms with Crippen molar-refractivity contribution in [3.63, 3.8) is 0 Å². The Morgan fingerprint density at radius 1 is 1.13 bits per heavy atom. The number of nitrogens with one attached hydrogen (secondary N) is 1. The second-order valence-electron chi connectivity index (χ2n) is 5.99. The Bertz CT molecular complexity index is 865. The fourth-order valence-electron chi connectivity index (χ4n) is 3.04. The molecule has 3 aromatic rings. The number of halogens is 1. The van der Waals surface area contributed by atoms with Crippen LogP contribution in [0, 0.1) is 5.82 Å². The highest BCUT2D eigenvalue weighted by Crippen LogP contribution is 2.43. The molecule has 116 valence electrons. The molecule has 2 N–H and O–H groups in total. The van der Waals surface area contributed by atoms with Crippen LogP contribution in [-0.2, 0) is 6.61 Å². The maximum atomic E-state index is 13.3. The standard InChI is InChI=1S/C19H17FN2O/c20-15-6-3-5-12(9-15)16-10-18(16)22-19-14(11-23)8-13-4-1-2-7-17(13)21-19/h1-9,16,18,23H,10-11H2,(H,21,22)/t16-,18+/m0/s1. The minimum absolute atomic E-state index is 0.0580. The first-order valence-corrected chi connectivity index (χ1v) is 7.76. The highest BCUT2D eigenvalue weighted by Gasteiger charge is 2.39. The van der Waals surface area contributed by atoms with Gasteiger partial charge in [-0.3, -0.25) is 0 Å². The summed E-state index contributed by atoms with van der Waals surface area (Å²) in [6, 6.07) is 16.8. The van der Waals surface area contributed by atoms with E-state index in [2.05, 4.69) is 10.3 Å². The lowest BCUT2D eigenvalue weighted by Gasteiger charge is -2.11. The molecule has 0 spiro atoms. The van der Waals surface area contributed by atoms with Crippen LogP contribution in [0.25, 0.3) is 10.9 Å². The predicted molar refractivity (Wildman–Crippen MR) is 88.8 cm³/mol. The number of hydrogen-bond donors (Lipinski definition) is 2. The van der Waals surface area contributed by atoms with Crippen LogP contribution in [0.2, 0.25) is 0 Å². The van der Waals surface area contributed by atoms with E-state index in [9.17, 15) is 9.50 Å². The van der Waals surface area contributed by atoms with Crippen molar-refractivity contribution >= 4 is 16.7 Å². The summed E-state index contributed by atoms with van der Waals surface area (Å²) in [5, 5.41) is 14.0. The third-order valence-electron chi connectivity index (χ3n) is 4.36. The molecule has 3 nitrogen and oxygen atoms in total. The molecule has 0 unspecified atom stereocenters. The number of fused-ring (bicyclic) bond motifs is 1. The monoisotopic (exact) mass is 308 g/mol. The van der Waals surface area contributed by atoms with E-state index in [0.29, 0.717) is 5.92 Å². The summed E-state index contributed by atoms with van der Waals surface area (Å²) < 4.78 is 13.3. The molecule has 2 aromatic carbocycles. The summed E-state index contributed by atoms with van der Waals surface area (Å²) in [5.74, 6) is 0.814. The Labute approximate surface area is 133 Å². The van der Waals surface area contributed by atoms with Crippen molar-refractivity contribution < 1.29 is 9.50 Å². The van der Waals surface area contributed by atoms with E-state index in [4.69, 9.17) is 0 Å². The first-order chi connectivity index (χ1) is 11.2. The number of anilines is 1. The van der Waals surface area contributed by atoms with Crippen LogP contribution in [0.3, 0.4) is 0 Å². The first-order valence-electron chi connectivity index (χ1n) is 7.76. The number of rotatable bonds is 4. The van der Waals surface area contributed by atoms with Gasteiger partial charge in [0.25, 0.3) is 0 Å². The zero-order valence-corrected chi connectivity index (χ0v) is 12.5. The van der Waals surface area contributed by atoms with Gasteiger partial charge in [0, 0.05) is 22.9 Å². The summed E-state index contributed by atoms with van der Waals surface area (Å²) in [5.41, 5.74) is 2.69. The van der Waals surface area contributed by atoms with E-state index in [-0.39, 0.29) is 18.5 Å². The van der Waals surface area contributed by atoms with Crippen molar-refractivity contribution in [1.82, 2.24) is 4.98 Å². The Balaban J connectivity index is 1.59. The molecular weight excluding hydrogens is 291 g/mol. The number of aliphatic hydroxyl groups is 1. The van der Waals surface area contributed by atoms with E-state index in [1.54, 1.807) is 12.1 Å². The Hall–Kier alpha value is -2.46. The van der Waals surface area contributed by atoms with Crippen molar-refractivity contribution in [1.29, 1.82) is 0 Å². The lowest BCUT2D eigenvalue weighted by Crippen LogP contribution is -2.09. The van der Waals surface area contributed by atoms with Crippen molar-refractivity contribution in [2.75, 3.05) is 5.32 Å². The average molecular weight is 308 g/mol. The zero-order chi connectivity index (χ0) is 15.8. The molecule has 0 amide bonds. The molecule has 2 atom stereocenters. The van der Waals surface area contributed by atoms with Gasteiger partial charge < -0.3 is 10.4 Å². The molecule has 4 rings (SSSR count). The fourth-order valence-corrected chi connectivity index (χ4v) is 3.04. The molecule has 0 bridgehead atoms. The second kappa shape index (κ2) is 5.63. The smallest absolute Gasteiger partial charge is 0.132 e. The van der Waals surface area contributed by atoms with Crippen LogP contribution in [0.15, 0.2) is 54.6 Å². The summed E-state index contributed by atoms with van der Waals surface area (Å²) in [6.45, 7) is -0.0580. The van der Waals surface area contributed by atoms with Crippen molar-refractivity contribution in [3.05, 3.63) is 71.5 Å². The molecule has 0 radical (unpaired) electrons. The van der Waals surface area contributed by atoms with Crippen molar-refractivity contribution in [3.8, 4) is 0 Å². The maximum Gasteiger partial charge on any atom is 0.132 e. The second-order valence-corrected chi connectivity index (χ2v) is 5.99. The molecule has 1 aliphatic carbocycles. The van der Waals surface area contributed by atoms with Gasteiger partial charge in [-0.15, -0.1) is 0 Å². The molecular formula is C19H17FN2O. The van der Waals surface area contributed by atoms with E-state index < -0.39 is 0 Å². The molecule has 4 heteroatoms. The van der Waals surface area contributed by atoms with Gasteiger partial charge in [0.2, 0.25) is 0 Å². The number of pyridine rings is 1. The van der Waals surface area contributed by atoms with Gasteiger partial charge in [0.05, 0.1) is 12.1 Å². The van der Waals surface area contributed by atoms with Gasteiger partial charge >= 0.3 is 0 Å². The molecule has 1 aliphatic rings.